The number of nitrogens with one attached hydrogen (secondary N) is 2. The molecule has 1 aliphatic rings. The zero-order chi connectivity index (χ0) is 16.2. The van der Waals surface area contributed by atoms with Gasteiger partial charge in [0.05, 0.1) is 12.7 Å². The second kappa shape index (κ2) is 6.59. The number of aromatic nitrogens is 4. The van der Waals surface area contributed by atoms with Crippen LogP contribution in [0.3, 0.4) is 0 Å². The molecule has 3 heterocycles. The van der Waals surface area contributed by atoms with Crippen molar-refractivity contribution in [2.24, 2.45) is 0 Å². The molecule has 9 heteroatoms. The molecule has 0 bridgehead atoms. The van der Waals surface area contributed by atoms with Crippen molar-refractivity contribution in [2.45, 2.75) is 19.4 Å². The lowest BCUT2D eigenvalue weighted by atomic mass is 10.4. The Morgan fingerprint density at radius 2 is 2.04 bits per heavy atom. The Kier molecular flexibility index (Phi) is 4.35. The van der Waals surface area contributed by atoms with E-state index in [2.05, 4.69) is 20.4 Å². The van der Waals surface area contributed by atoms with Gasteiger partial charge in [0, 0.05) is 31.8 Å². The Morgan fingerprint density at radius 1 is 1.26 bits per heavy atom. The van der Waals surface area contributed by atoms with Crippen LogP contribution in [0.5, 0.6) is 0 Å². The molecule has 122 valence electrons. The van der Waals surface area contributed by atoms with Gasteiger partial charge in [-0.15, -0.1) is 0 Å². The van der Waals surface area contributed by atoms with E-state index in [1.165, 1.54) is 16.8 Å². The Bertz CT molecular complexity index is 796. The highest BCUT2D eigenvalue weighted by molar-refractivity contribution is 5.44. The molecule has 0 aliphatic carbocycles. The molecule has 2 aromatic heterocycles. The smallest absolute Gasteiger partial charge is 0.265 e. The molecule has 23 heavy (non-hydrogen) atoms. The van der Waals surface area contributed by atoms with Gasteiger partial charge in [-0.2, -0.15) is 4.98 Å². The first-order chi connectivity index (χ1) is 11.1. The highest BCUT2D eigenvalue weighted by Gasteiger charge is 2.18. The summed E-state index contributed by atoms with van der Waals surface area (Å²) in [5.41, 5.74) is -0.650. The summed E-state index contributed by atoms with van der Waals surface area (Å²) in [4.78, 5) is 32.7. The van der Waals surface area contributed by atoms with Crippen molar-refractivity contribution in [1.29, 1.82) is 0 Å². The average molecular weight is 320 g/mol. The van der Waals surface area contributed by atoms with E-state index in [0.717, 1.165) is 32.1 Å². The van der Waals surface area contributed by atoms with Crippen LogP contribution in [0.1, 0.15) is 12.8 Å². The van der Waals surface area contributed by atoms with Gasteiger partial charge >= 0.3 is 0 Å². The van der Waals surface area contributed by atoms with Gasteiger partial charge in [0.25, 0.3) is 11.1 Å². The van der Waals surface area contributed by atoms with Gasteiger partial charge in [-0.1, -0.05) is 0 Å². The molecule has 0 aromatic carbocycles. The third-order valence-electron chi connectivity index (χ3n) is 3.64. The van der Waals surface area contributed by atoms with E-state index >= 15 is 0 Å². The number of aromatic amines is 1. The van der Waals surface area contributed by atoms with Crippen LogP contribution in [-0.2, 0) is 6.54 Å². The standard InChI is InChI=1S/C14H17FN6O2/c15-10-9-17-14(18-13(10)20-6-1-2-7-20)16-5-8-21-12(23)4-3-11(22)19-21/h3-4,9H,1-2,5-8H2,(H,19,22)(H,16,17,18). The van der Waals surface area contributed by atoms with E-state index in [0.29, 0.717) is 18.3 Å². The second-order valence-corrected chi connectivity index (χ2v) is 5.29. The number of hydrogen-bond acceptors (Lipinski definition) is 6. The van der Waals surface area contributed by atoms with Crippen molar-refractivity contribution in [2.75, 3.05) is 29.9 Å². The lowest BCUT2D eigenvalue weighted by Gasteiger charge is -2.17. The van der Waals surface area contributed by atoms with E-state index in [4.69, 9.17) is 0 Å². The molecule has 0 radical (unpaired) electrons. The topological polar surface area (TPSA) is 95.9 Å². The molecule has 0 unspecified atom stereocenters. The van der Waals surface area contributed by atoms with Crippen LogP contribution < -0.4 is 21.3 Å². The second-order valence-electron chi connectivity index (χ2n) is 5.29. The Hall–Kier alpha value is -2.71. The summed E-state index contributed by atoms with van der Waals surface area (Å²) in [7, 11) is 0. The van der Waals surface area contributed by atoms with Gasteiger partial charge in [0.1, 0.15) is 0 Å². The predicted octanol–water partition coefficient (Wildman–Crippen LogP) is 0.178. The lowest BCUT2D eigenvalue weighted by molar-refractivity contribution is 0.585. The highest BCUT2D eigenvalue weighted by atomic mass is 19.1. The largest absolute Gasteiger partial charge is 0.354 e. The summed E-state index contributed by atoms with van der Waals surface area (Å²) >= 11 is 0. The van der Waals surface area contributed by atoms with Crippen LogP contribution in [-0.4, -0.2) is 39.4 Å². The van der Waals surface area contributed by atoms with Gasteiger partial charge in [-0.3, -0.25) is 14.7 Å². The molecule has 0 saturated carbocycles. The zero-order valence-corrected chi connectivity index (χ0v) is 12.5. The SMILES string of the molecule is O=c1ccc(=O)n(CCNc2ncc(F)c(N3CCCC3)n2)[nH]1. The zero-order valence-electron chi connectivity index (χ0n) is 12.5. The van der Waals surface area contributed by atoms with E-state index in [9.17, 15) is 14.0 Å². The van der Waals surface area contributed by atoms with Crippen molar-refractivity contribution in [3.05, 3.63) is 44.9 Å². The van der Waals surface area contributed by atoms with E-state index < -0.39 is 5.82 Å². The fourth-order valence-electron chi connectivity index (χ4n) is 2.50. The van der Waals surface area contributed by atoms with Crippen molar-refractivity contribution in [1.82, 2.24) is 19.7 Å². The number of hydrogen-bond donors (Lipinski definition) is 2. The summed E-state index contributed by atoms with van der Waals surface area (Å²) in [6.45, 7) is 2.14. The van der Waals surface area contributed by atoms with Gasteiger partial charge in [0.15, 0.2) is 11.6 Å². The fraction of sp³-hybridized carbons (Fsp3) is 0.429. The number of halogens is 1. The number of rotatable bonds is 5. The number of nitrogens with zero attached hydrogens (tertiary/aromatic N) is 4. The maximum absolute atomic E-state index is 13.8. The van der Waals surface area contributed by atoms with Crippen LogP contribution >= 0.6 is 0 Å². The molecular weight excluding hydrogens is 303 g/mol. The summed E-state index contributed by atoms with van der Waals surface area (Å²) in [6, 6.07) is 2.39. The molecule has 1 aliphatic heterocycles. The summed E-state index contributed by atoms with van der Waals surface area (Å²) < 4.78 is 15.0. The minimum atomic E-state index is -0.443. The van der Waals surface area contributed by atoms with E-state index in [-0.39, 0.29) is 17.7 Å². The highest BCUT2D eigenvalue weighted by Crippen LogP contribution is 2.21. The molecular formula is C14H17FN6O2. The molecule has 2 N–H and O–H groups in total. The monoisotopic (exact) mass is 320 g/mol. The molecule has 0 amide bonds. The van der Waals surface area contributed by atoms with E-state index in [1.807, 2.05) is 4.90 Å². The molecule has 0 spiro atoms. The van der Waals surface area contributed by atoms with Gasteiger partial charge < -0.3 is 10.2 Å². The third-order valence-corrected chi connectivity index (χ3v) is 3.64. The quantitative estimate of drug-likeness (QED) is 0.816. The van der Waals surface area contributed by atoms with Crippen molar-refractivity contribution in [3.8, 4) is 0 Å². The van der Waals surface area contributed by atoms with Gasteiger partial charge in [0.2, 0.25) is 5.95 Å². The van der Waals surface area contributed by atoms with E-state index in [1.54, 1.807) is 0 Å². The maximum atomic E-state index is 13.8. The molecule has 1 saturated heterocycles. The molecule has 0 atom stereocenters. The minimum absolute atomic E-state index is 0.245. The van der Waals surface area contributed by atoms with Crippen LogP contribution in [0.4, 0.5) is 16.2 Å². The maximum Gasteiger partial charge on any atom is 0.265 e. The Balaban J connectivity index is 1.66. The summed E-state index contributed by atoms with van der Waals surface area (Å²) in [6.07, 6.45) is 3.19. The fourth-order valence-corrected chi connectivity index (χ4v) is 2.50. The van der Waals surface area contributed by atoms with Crippen LogP contribution in [0.15, 0.2) is 27.9 Å². The molecule has 2 aromatic rings. The number of H-pyrrole nitrogens is 1. The first-order valence-electron chi connectivity index (χ1n) is 7.45. The van der Waals surface area contributed by atoms with Crippen molar-refractivity contribution >= 4 is 11.8 Å². The first-order valence-corrected chi connectivity index (χ1v) is 7.45. The average Bonchev–Trinajstić information content (AvgIpc) is 3.06. The van der Waals surface area contributed by atoms with Crippen LogP contribution in [0.25, 0.3) is 0 Å². The van der Waals surface area contributed by atoms with Gasteiger partial charge in [-0.25, -0.2) is 14.1 Å². The summed E-state index contributed by atoms with van der Waals surface area (Å²) in [5.74, 6) is 0.144. The molecule has 3 rings (SSSR count). The first kappa shape index (κ1) is 15.2. The minimum Gasteiger partial charge on any atom is -0.354 e. The van der Waals surface area contributed by atoms with Crippen molar-refractivity contribution in [3.63, 3.8) is 0 Å². The molecule has 1 fully saturated rings. The van der Waals surface area contributed by atoms with Crippen molar-refractivity contribution < 1.29 is 4.39 Å². The normalized spacial score (nSPS) is 14.2. The lowest BCUT2D eigenvalue weighted by Crippen LogP contribution is -2.30. The number of anilines is 2. The van der Waals surface area contributed by atoms with Gasteiger partial charge in [-0.05, 0) is 12.8 Å². The Labute approximate surface area is 131 Å². The summed E-state index contributed by atoms with van der Waals surface area (Å²) in [5, 5.41) is 5.36. The third kappa shape index (κ3) is 3.55. The Morgan fingerprint density at radius 3 is 2.83 bits per heavy atom. The van der Waals surface area contributed by atoms with Crippen LogP contribution in [0, 0.1) is 5.82 Å². The predicted molar refractivity (Wildman–Crippen MR) is 83.2 cm³/mol. The molecule has 8 nitrogen and oxygen atoms in total. The van der Waals surface area contributed by atoms with Crippen LogP contribution in [0.2, 0.25) is 0 Å².